The molecule has 0 radical (unpaired) electrons. The highest BCUT2D eigenvalue weighted by molar-refractivity contribution is 7.86. The summed E-state index contributed by atoms with van der Waals surface area (Å²) in [6, 6.07) is 9.45. The number of rotatable bonds is 4. The smallest absolute Gasteiger partial charge is 0.282 e. The van der Waals surface area contributed by atoms with Gasteiger partial charge in [-0.1, -0.05) is 18.2 Å². The molecule has 1 aliphatic heterocycles. The molecule has 0 unspecified atom stereocenters. The van der Waals surface area contributed by atoms with Gasteiger partial charge in [0.05, 0.1) is 30.6 Å². The Kier molecular flexibility index (Phi) is 4.97. The summed E-state index contributed by atoms with van der Waals surface area (Å²) in [6.45, 7) is 4.94. The second kappa shape index (κ2) is 6.87. The van der Waals surface area contributed by atoms with Gasteiger partial charge in [0.1, 0.15) is 0 Å². The van der Waals surface area contributed by atoms with Crippen LogP contribution in [0, 0.1) is 13.8 Å². The number of nitrogens with zero attached hydrogens (tertiary/aromatic N) is 4. The third-order valence-corrected chi connectivity index (χ3v) is 6.47. The number of aryl methyl sites for hydroxylation is 1. The van der Waals surface area contributed by atoms with Crippen molar-refractivity contribution in [3.63, 3.8) is 0 Å². The lowest BCUT2D eigenvalue weighted by Gasteiger charge is -2.36. The molecule has 0 N–H and O–H groups in total. The first kappa shape index (κ1) is 18.1. The van der Waals surface area contributed by atoms with Crippen LogP contribution in [0.5, 0.6) is 0 Å². The molecule has 8 heteroatoms. The van der Waals surface area contributed by atoms with Crippen molar-refractivity contribution < 1.29 is 13.2 Å². The minimum atomic E-state index is -3.54. The molecule has 3 rings (SSSR count). The fraction of sp³-hybridized carbons (Fsp3) is 0.471. The van der Waals surface area contributed by atoms with Crippen molar-refractivity contribution in [3.05, 3.63) is 47.3 Å². The second-order valence-corrected chi connectivity index (χ2v) is 8.42. The van der Waals surface area contributed by atoms with Gasteiger partial charge < -0.3 is 4.74 Å². The van der Waals surface area contributed by atoms with Gasteiger partial charge >= 0.3 is 0 Å². The molecule has 7 nitrogen and oxygen atoms in total. The molecule has 1 aliphatic rings. The Hall–Kier alpha value is -1.74. The number of hydrogen-bond donors (Lipinski definition) is 0. The Morgan fingerprint density at radius 1 is 1.20 bits per heavy atom. The van der Waals surface area contributed by atoms with Gasteiger partial charge in [-0.05, 0) is 26.0 Å². The van der Waals surface area contributed by atoms with Gasteiger partial charge in [-0.2, -0.15) is 22.1 Å². The first-order chi connectivity index (χ1) is 11.8. The van der Waals surface area contributed by atoms with Crippen LogP contribution in [-0.2, 0) is 14.9 Å². The molecule has 1 aromatic carbocycles. The number of ether oxygens (including phenoxy) is 1. The van der Waals surface area contributed by atoms with Gasteiger partial charge in [0.15, 0.2) is 0 Å². The average Bonchev–Trinajstić information content (AvgIpc) is 2.90. The number of para-hydroxylation sites is 1. The lowest BCUT2D eigenvalue weighted by Crippen LogP contribution is -2.48. The van der Waals surface area contributed by atoms with Crippen LogP contribution >= 0.6 is 0 Å². The van der Waals surface area contributed by atoms with Crippen LogP contribution in [0.4, 0.5) is 0 Å². The van der Waals surface area contributed by atoms with E-state index in [1.807, 2.05) is 48.9 Å². The van der Waals surface area contributed by atoms with E-state index >= 15 is 0 Å². The van der Waals surface area contributed by atoms with Crippen LogP contribution < -0.4 is 0 Å². The van der Waals surface area contributed by atoms with Crippen molar-refractivity contribution in [1.82, 2.24) is 18.4 Å². The Morgan fingerprint density at radius 3 is 2.52 bits per heavy atom. The molecular weight excluding hydrogens is 340 g/mol. The summed E-state index contributed by atoms with van der Waals surface area (Å²) in [4.78, 5) is 0. The zero-order valence-electron chi connectivity index (χ0n) is 15.0. The highest BCUT2D eigenvalue weighted by Gasteiger charge is 2.38. The summed E-state index contributed by atoms with van der Waals surface area (Å²) in [5, 5.41) is 4.64. The topological polar surface area (TPSA) is 67.7 Å². The molecule has 2 aromatic rings. The molecule has 1 fully saturated rings. The van der Waals surface area contributed by atoms with Crippen molar-refractivity contribution in [2.45, 2.75) is 19.9 Å². The molecule has 136 valence electrons. The fourth-order valence-electron chi connectivity index (χ4n) is 3.26. The van der Waals surface area contributed by atoms with E-state index in [0.29, 0.717) is 19.8 Å². The Balaban J connectivity index is 2.07. The Morgan fingerprint density at radius 2 is 1.88 bits per heavy atom. The van der Waals surface area contributed by atoms with E-state index in [-0.39, 0.29) is 6.04 Å². The maximum atomic E-state index is 12.7. The van der Waals surface area contributed by atoms with Crippen LogP contribution in [0.15, 0.2) is 30.3 Å². The predicted octanol–water partition coefficient (Wildman–Crippen LogP) is 1.67. The molecule has 1 atom stereocenters. The first-order valence-corrected chi connectivity index (χ1v) is 9.62. The average molecular weight is 364 g/mol. The molecular formula is C17H24N4O3S. The van der Waals surface area contributed by atoms with Gasteiger partial charge in [0, 0.05) is 31.9 Å². The van der Waals surface area contributed by atoms with Crippen LogP contribution in [0.2, 0.25) is 0 Å². The molecule has 25 heavy (non-hydrogen) atoms. The molecule has 1 aromatic heterocycles. The summed E-state index contributed by atoms with van der Waals surface area (Å²) in [7, 11) is -0.435. The van der Waals surface area contributed by atoms with Crippen molar-refractivity contribution in [1.29, 1.82) is 0 Å². The lowest BCUT2D eigenvalue weighted by atomic mass is 10.0. The number of benzene rings is 1. The molecule has 0 amide bonds. The second-order valence-electron chi connectivity index (χ2n) is 6.32. The molecule has 0 saturated carbocycles. The van der Waals surface area contributed by atoms with E-state index in [0.717, 1.165) is 22.6 Å². The molecule has 2 heterocycles. The minimum Gasteiger partial charge on any atom is -0.378 e. The SMILES string of the molecule is Cc1nn(-c2ccccc2)c(C)c1[C@H]1COCCN1S(=O)(=O)N(C)C. The Bertz CT molecular complexity index is 846. The minimum absolute atomic E-state index is 0.329. The first-order valence-electron chi connectivity index (χ1n) is 8.22. The normalized spacial score (nSPS) is 19.5. The summed E-state index contributed by atoms with van der Waals surface area (Å²) in [6.07, 6.45) is 0. The fourth-order valence-corrected chi connectivity index (χ4v) is 4.47. The number of morpholine rings is 1. The molecule has 0 aliphatic carbocycles. The predicted molar refractivity (Wildman–Crippen MR) is 95.9 cm³/mol. The van der Waals surface area contributed by atoms with Crippen molar-refractivity contribution in [3.8, 4) is 5.69 Å². The number of aromatic nitrogens is 2. The Labute approximate surface area is 149 Å². The van der Waals surface area contributed by atoms with E-state index in [1.165, 1.54) is 8.61 Å². The zero-order valence-corrected chi connectivity index (χ0v) is 15.8. The van der Waals surface area contributed by atoms with Crippen LogP contribution in [0.3, 0.4) is 0 Å². The maximum absolute atomic E-state index is 12.7. The lowest BCUT2D eigenvalue weighted by molar-refractivity contribution is 0.0295. The summed E-state index contributed by atoms with van der Waals surface area (Å²) in [5.41, 5.74) is 3.61. The maximum Gasteiger partial charge on any atom is 0.282 e. The van der Waals surface area contributed by atoms with Crippen LogP contribution in [0.25, 0.3) is 5.69 Å². The monoisotopic (exact) mass is 364 g/mol. The molecule has 1 saturated heterocycles. The van der Waals surface area contributed by atoms with Gasteiger partial charge in [-0.25, -0.2) is 4.68 Å². The van der Waals surface area contributed by atoms with Crippen LogP contribution in [-0.4, -0.2) is 60.7 Å². The summed E-state index contributed by atoms with van der Waals surface area (Å²) < 4.78 is 35.7. The van der Waals surface area contributed by atoms with E-state index in [1.54, 1.807) is 14.1 Å². The zero-order chi connectivity index (χ0) is 18.2. The standard InChI is InChI=1S/C17H24N4O3S/c1-13-17(14(2)21(18-13)15-8-6-5-7-9-15)16-12-24-11-10-20(16)25(22,23)19(3)4/h5-9,16H,10-12H2,1-4H3/t16-/m1/s1. The highest BCUT2D eigenvalue weighted by Crippen LogP contribution is 2.32. The number of hydrogen-bond acceptors (Lipinski definition) is 4. The van der Waals surface area contributed by atoms with E-state index < -0.39 is 10.2 Å². The van der Waals surface area contributed by atoms with Gasteiger partial charge in [0.2, 0.25) is 0 Å². The van der Waals surface area contributed by atoms with Crippen molar-refractivity contribution >= 4 is 10.2 Å². The van der Waals surface area contributed by atoms with E-state index in [4.69, 9.17) is 4.74 Å². The van der Waals surface area contributed by atoms with E-state index in [9.17, 15) is 8.42 Å². The van der Waals surface area contributed by atoms with Crippen molar-refractivity contribution in [2.75, 3.05) is 33.9 Å². The van der Waals surface area contributed by atoms with Gasteiger partial charge in [-0.15, -0.1) is 0 Å². The quantitative estimate of drug-likeness (QED) is 0.828. The van der Waals surface area contributed by atoms with Crippen molar-refractivity contribution in [2.24, 2.45) is 0 Å². The summed E-state index contributed by atoms with van der Waals surface area (Å²) in [5.74, 6) is 0. The largest absolute Gasteiger partial charge is 0.378 e. The molecule has 0 spiro atoms. The third-order valence-electron chi connectivity index (χ3n) is 4.52. The van der Waals surface area contributed by atoms with E-state index in [2.05, 4.69) is 5.10 Å². The molecule has 0 bridgehead atoms. The highest BCUT2D eigenvalue weighted by atomic mass is 32.2. The summed E-state index contributed by atoms with van der Waals surface area (Å²) >= 11 is 0. The van der Waals surface area contributed by atoms with Crippen LogP contribution in [0.1, 0.15) is 23.0 Å². The van der Waals surface area contributed by atoms with Gasteiger partial charge in [-0.3, -0.25) is 0 Å². The third kappa shape index (κ3) is 3.22. The van der Waals surface area contributed by atoms with Gasteiger partial charge in [0.25, 0.3) is 10.2 Å².